The van der Waals surface area contributed by atoms with Crippen molar-refractivity contribution in [3.05, 3.63) is 21.9 Å². The van der Waals surface area contributed by atoms with Crippen molar-refractivity contribution in [3.8, 4) is 0 Å². The van der Waals surface area contributed by atoms with Gasteiger partial charge in [-0.25, -0.2) is 4.79 Å². The first kappa shape index (κ1) is 11.0. The molecule has 2 aliphatic rings. The Morgan fingerprint density at radius 2 is 2.29 bits per heavy atom. The molecule has 0 radical (unpaired) electrons. The maximum absolute atomic E-state index is 11.3. The fourth-order valence-electron chi connectivity index (χ4n) is 2.95. The van der Waals surface area contributed by atoms with Crippen molar-refractivity contribution in [2.45, 2.75) is 37.8 Å². The van der Waals surface area contributed by atoms with Crippen LogP contribution in [0, 0.1) is 0 Å². The Morgan fingerprint density at radius 1 is 1.47 bits per heavy atom. The van der Waals surface area contributed by atoms with Crippen molar-refractivity contribution in [3.63, 3.8) is 0 Å². The van der Waals surface area contributed by atoms with Gasteiger partial charge in [-0.2, -0.15) is 5.10 Å². The van der Waals surface area contributed by atoms with Crippen LogP contribution in [0.25, 0.3) is 0 Å². The lowest BCUT2D eigenvalue weighted by Crippen LogP contribution is -2.49. The highest BCUT2D eigenvalue weighted by atomic mass is 79.9. The molecule has 2 aliphatic heterocycles. The van der Waals surface area contributed by atoms with E-state index in [-0.39, 0.29) is 12.1 Å². The molecule has 90 valence electrons. The summed E-state index contributed by atoms with van der Waals surface area (Å²) in [6.07, 6.45) is 2.77. The number of nitrogens with zero attached hydrogens (tertiary/aromatic N) is 3. The number of amides is 1. The SMILES string of the molecule is O=C(O)N1C2CCCC1c1cc(Br)nnc1C2. The predicted molar refractivity (Wildman–Crippen MR) is 63.7 cm³/mol. The van der Waals surface area contributed by atoms with Crippen molar-refractivity contribution in [2.24, 2.45) is 0 Å². The summed E-state index contributed by atoms with van der Waals surface area (Å²) in [4.78, 5) is 12.9. The largest absolute Gasteiger partial charge is 0.465 e. The number of aromatic nitrogens is 2. The predicted octanol–water partition coefficient (Wildman–Crippen LogP) is 2.37. The third kappa shape index (κ3) is 1.71. The number of carbonyl (C=O) groups is 1. The summed E-state index contributed by atoms with van der Waals surface area (Å²) in [5.74, 6) is 0. The molecule has 6 heteroatoms. The van der Waals surface area contributed by atoms with Crippen LogP contribution < -0.4 is 0 Å². The van der Waals surface area contributed by atoms with Crippen LogP contribution >= 0.6 is 15.9 Å². The van der Waals surface area contributed by atoms with Crippen molar-refractivity contribution in [2.75, 3.05) is 0 Å². The smallest absolute Gasteiger partial charge is 0.408 e. The summed E-state index contributed by atoms with van der Waals surface area (Å²) in [6.45, 7) is 0. The van der Waals surface area contributed by atoms with Crippen LogP contribution in [0.3, 0.4) is 0 Å². The summed E-state index contributed by atoms with van der Waals surface area (Å²) in [7, 11) is 0. The zero-order valence-electron chi connectivity index (χ0n) is 9.14. The highest BCUT2D eigenvalue weighted by Gasteiger charge is 2.40. The molecule has 1 N–H and O–H groups in total. The van der Waals surface area contributed by atoms with Gasteiger partial charge in [-0.3, -0.25) is 4.90 Å². The standard InChI is InChI=1S/C11H12BrN3O2/c12-10-5-7-8(13-14-10)4-6-2-1-3-9(7)15(6)11(16)17/h5-6,9H,1-4H2,(H,16,17). The van der Waals surface area contributed by atoms with Gasteiger partial charge in [0.15, 0.2) is 0 Å². The molecule has 0 saturated carbocycles. The summed E-state index contributed by atoms with van der Waals surface area (Å²) >= 11 is 3.30. The Bertz CT molecular complexity index is 480. The molecule has 0 aromatic carbocycles. The molecule has 3 heterocycles. The molecule has 2 unspecified atom stereocenters. The summed E-state index contributed by atoms with van der Waals surface area (Å²) in [6, 6.07) is 1.95. The van der Waals surface area contributed by atoms with Gasteiger partial charge >= 0.3 is 6.09 Å². The number of hydrogen-bond acceptors (Lipinski definition) is 3. The number of rotatable bonds is 0. The average Bonchev–Trinajstić information content (AvgIpc) is 2.29. The first-order valence-electron chi connectivity index (χ1n) is 5.70. The van der Waals surface area contributed by atoms with E-state index in [0.29, 0.717) is 11.0 Å². The van der Waals surface area contributed by atoms with Gasteiger partial charge in [0.2, 0.25) is 0 Å². The molecule has 0 aliphatic carbocycles. The first-order valence-corrected chi connectivity index (χ1v) is 6.49. The Kier molecular flexibility index (Phi) is 2.54. The number of carboxylic acid groups (broad SMARTS) is 1. The minimum Gasteiger partial charge on any atom is -0.465 e. The van der Waals surface area contributed by atoms with Gasteiger partial charge in [0.05, 0.1) is 11.7 Å². The summed E-state index contributed by atoms with van der Waals surface area (Å²) in [5.41, 5.74) is 1.98. The summed E-state index contributed by atoms with van der Waals surface area (Å²) in [5, 5.41) is 17.5. The summed E-state index contributed by atoms with van der Waals surface area (Å²) < 4.78 is 0.672. The normalized spacial score (nSPS) is 26.5. The zero-order chi connectivity index (χ0) is 12.0. The van der Waals surface area contributed by atoms with E-state index in [1.165, 1.54) is 0 Å². The molecule has 2 bridgehead atoms. The second-order valence-corrected chi connectivity index (χ2v) is 5.38. The fraction of sp³-hybridized carbons (Fsp3) is 0.545. The average molecular weight is 298 g/mol. The number of fused-ring (bicyclic) bond motifs is 4. The van der Waals surface area contributed by atoms with Crippen molar-refractivity contribution < 1.29 is 9.90 Å². The second kappa shape index (κ2) is 3.94. The quantitative estimate of drug-likeness (QED) is 0.798. The third-order valence-corrected chi connectivity index (χ3v) is 4.01. The van der Waals surface area contributed by atoms with Crippen LogP contribution in [0.5, 0.6) is 0 Å². The fourth-order valence-corrected chi connectivity index (χ4v) is 3.28. The number of halogens is 1. The molecule has 17 heavy (non-hydrogen) atoms. The molecule has 3 rings (SSSR count). The van der Waals surface area contributed by atoms with Crippen molar-refractivity contribution in [1.29, 1.82) is 0 Å². The van der Waals surface area contributed by atoms with E-state index < -0.39 is 6.09 Å². The van der Waals surface area contributed by atoms with Gasteiger partial charge in [-0.15, -0.1) is 5.10 Å². The molecule has 1 fully saturated rings. The van der Waals surface area contributed by atoms with E-state index in [1.807, 2.05) is 6.07 Å². The molecule has 1 aromatic rings. The Labute approximate surface area is 107 Å². The molecule has 1 saturated heterocycles. The third-order valence-electron chi connectivity index (χ3n) is 3.63. The lowest BCUT2D eigenvalue weighted by molar-refractivity contribution is 0.0613. The topological polar surface area (TPSA) is 66.3 Å². The molecule has 1 amide bonds. The number of piperidine rings is 1. The molecule has 5 nitrogen and oxygen atoms in total. The van der Waals surface area contributed by atoms with E-state index in [2.05, 4.69) is 26.1 Å². The van der Waals surface area contributed by atoms with Gasteiger partial charge in [0.25, 0.3) is 0 Å². The molecule has 1 aromatic heterocycles. The molecular weight excluding hydrogens is 286 g/mol. The monoisotopic (exact) mass is 297 g/mol. The maximum atomic E-state index is 11.3. The molecule has 2 atom stereocenters. The van der Waals surface area contributed by atoms with E-state index in [0.717, 1.165) is 30.5 Å². The number of hydrogen-bond donors (Lipinski definition) is 1. The second-order valence-electron chi connectivity index (χ2n) is 4.56. The van der Waals surface area contributed by atoms with Crippen LogP contribution in [-0.4, -0.2) is 32.3 Å². The Balaban J connectivity index is 2.09. The molecular formula is C11H12BrN3O2. The van der Waals surface area contributed by atoms with E-state index in [4.69, 9.17) is 0 Å². The van der Waals surface area contributed by atoms with Crippen molar-refractivity contribution >= 4 is 22.0 Å². The van der Waals surface area contributed by atoms with Crippen LogP contribution in [-0.2, 0) is 6.42 Å². The zero-order valence-corrected chi connectivity index (χ0v) is 10.7. The lowest BCUT2D eigenvalue weighted by Gasteiger charge is -2.44. The van der Waals surface area contributed by atoms with Crippen LogP contribution in [0.2, 0.25) is 0 Å². The van der Waals surface area contributed by atoms with Gasteiger partial charge in [0, 0.05) is 18.0 Å². The minimum absolute atomic E-state index is 0.0400. The van der Waals surface area contributed by atoms with Crippen molar-refractivity contribution in [1.82, 2.24) is 15.1 Å². The van der Waals surface area contributed by atoms with Gasteiger partial charge in [-0.1, -0.05) is 0 Å². The maximum Gasteiger partial charge on any atom is 0.408 e. The van der Waals surface area contributed by atoms with E-state index >= 15 is 0 Å². The Hall–Kier alpha value is -1.17. The highest BCUT2D eigenvalue weighted by Crippen LogP contribution is 2.41. The van der Waals surface area contributed by atoms with Crippen LogP contribution in [0.4, 0.5) is 4.79 Å². The van der Waals surface area contributed by atoms with Gasteiger partial charge in [-0.05, 0) is 41.3 Å². The lowest BCUT2D eigenvalue weighted by atomic mass is 9.83. The highest BCUT2D eigenvalue weighted by molar-refractivity contribution is 9.10. The minimum atomic E-state index is -0.821. The van der Waals surface area contributed by atoms with Crippen LogP contribution in [0.15, 0.2) is 10.7 Å². The Morgan fingerprint density at radius 3 is 3.06 bits per heavy atom. The van der Waals surface area contributed by atoms with E-state index in [1.54, 1.807) is 4.90 Å². The van der Waals surface area contributed by atoms with E-state index in [9.17, 15) is 9.90 Å². The van der Waals surface area contributed by atoms with Gasteiger partial charge in [0.1, 0.15) is 4.60 Å². The molecule has 0 spiro atoms. The van der Waals surface area contributed by atoms with Gasteiger partial charge < -0.3 is 5.11 Å². The van der Waals surface area contributed by atoms with Crippen LogP contribution in [0.1, 0.15) is 36.6 Å². The first-order chi connectivity index (χ1) is 8.16.